The summed E-state index contributed by atoms with van der Waals surface area (Å²) in [5.41, 5.74) is 0.444. The Kier molecular flexibility index (Phi) is 7.58. The van der Waals surface area contributed by atoms with E-state index in [4.69, 9.17) is 10.2 Å². The second kappa shape index (κ2) is 10.4. The number of nitrogens with one attached hydrogen (secondary N) is 1. The van der Waals surface area contributed by atoms with E-state index in [0.29, 0.717) is 18.9 Å². The molecule has 1 fully saturated rings. The number of carboxylic acids is 2. The summed E-state index contributed by atoms with van der Waals surface area (Å²) < 4.78 is 39.8. The summed E-state index contributed by atoms with van der Waals surface area (Å²) >= 11 is 0. The number of carbonyl (C=O) groups is 3. The van der Waals surface area contributed by atoms with Gasteiger partial charge in [-0.2, -0.15) is 0 Å². The lowest BCUT2D eigenvalue weighted by Crippen LogP contribution is -2.34. The lowest BCUT2D eigenvalue weighted by atomic mass is 9.95. The Morgan fingerprint density at radius 2 is 1.46 bits per heavy atom. The third-order valence-electron chi connectivity index (χ3n) is 5.81. The number of hydrogen-bond donors (Lipinski definition) is 3. The van der Waals surface area contributed by atoms with Crippen LogP contribution in [0, 0.1) is 24.4 Å². The van der Waals surface area contributed by atoms with Gasteiger partial charge in [-0.15, -0.1) is 0 Å². The maximum atomic E-state index is 13.6. The zero-order valence-corrected chi connectivity index (χ0v) is 18.6. The lowest BCUT2D eigenvalue weighted by molar-refractivity contribution is -0.123. The highest BCUT2D eigenvalue weighted by Gasteiger charge is 2.50. The molecule has 4 rings (SSSR count). The van der Waals surface area contributed by atoms with E-state index in [2.05, 4.69) is 5.32 Å². The van der Waals surface area contributed by atoms with Crippen molar-refractivity contribution in [3.05, 3.63) is 106 Å². The standard InChI is InChI=1S/C17H14F3NO.C9H8O4/c18-13-8-11(15(20)14(19)9-13)10-21-16(22)17(6-7-17)12-4-2-1-3-5-12;1-5-6(8(10)11)3-2-4-7(5)9(12)13/h1-5,8-9H,6-7,10H2,(H,21,22);2-4H,1H3,(H,10,11)(H,12,13). The van der Waals surface area contributed by atoms with Gasteiger partial charge in [0, 0.05) is 18.2 Å². The van der Waals surface area contributed by atoms with E-state index in [9.17, 15) is 27.6 Å². The molecule has 3 N–H and O–H groups in total. The van der Waals surface area contributed by atoms with Crippen LogP contribution in [-0.2, 0) is 16.8 Å². The quantitative estimate of drug-likeness (QED) is 0.434. The van der Waals surface area contributed by atoms with Gasteiger partial charge < -0.3 is 15.5 Å². The fourth-order valence-corrected chi connectivity index (χ4v) is 3.71. The molecule has 0 radical (unpaired) electrons. The van der Waals surface area contributed by atoms with Crippen LogP contribution >= 0.6 is 0 Å². The SMILES string of the molecule is Cc1c(C(=O)O)cccc1C(=O)O.O=C(NCc1cc(F)cc(F)c1F)C1(c2ccccc2)CC1. The molecule has 0 aromatic heterocycles. The lowest BCUT2D eigenvalue weighted by Gasteiger charge is -2.16. The van der Waals surface area contributed by atoms with Crippen molar-refractivity contribution in [1.82, 2.24) is 5.32 Å². The number of amides is 1. The summed E-state index contributed by atoms with van der Waals surface area (Å²) in [6.07, 6.45) is 1.42. The highest BCUT2D eigenvalue weighted by atomic mass is 19.2. The Hall–Kier alpha value is -4.14. The Morgan fingerprint density at radius 3 is 1.97 bits per heavy atom. The highest BCUT2D eigenvalue weighted by molar-refractivity contribution is 5.96. The van der Waals surface area contributed by atoms with Gasteiger partial charge in [0.25, 0.3) is 0 Å². The number of carbonyl (C=O) groups excluding carboxylic acids is 1. The first kappa shape index (κ1) is 25.5. The second-order valence-corrected chi connectivity index (χ2v) is 8.08. The average Bonchev–Trinajstić information content (AvgIpc) is 3.63. The van der Waals surface area contributed by atoms with Gasteiger partial charge in [0.2, 0.25) is 5.91 Å². The van der Waals surface area contributed by atoms with Gasteiger partial charge in [0.05, 0.1) is 16.5 Å². The van der Waals surface area contributed by atoms with Crippen LogP contribution in [0.15, 0.2) is 60.7 Å². The first-order valence-corrected chi connectivity index (χ1v) is 10.6. The Balaban J connectivity index is 0.000000225. The molecule has 0 atom stereocenters. The molecule has 1 amide bonds. The van der Waals surface area contributed by atoms with Crippen LogP contribution in [0.1, 0.15) is 50.2 Å². The molecule has 1 saturated carbocycles. The van der Waals surface area contributed by atoms with E-state index in [1.807, 2.05) is 30.3 Å². The molecule has 0 unspecified atom stereocenters. The molecular weight excluding hydrogens is 463 g/mol. The normalized spacial score (nSPS) is 13.3. The summed E-state index contributed by atoms with van der Waals surface area (Å²) in [6, 6.07) is 14.9. The predicted octanol–water partition coefficient (Wildman–Crippen LogP) is 4.84. The topological polar surface area (TPSA) is 104 Å². The van der Waals surface area contributed by atoms with Crippen molar-refractivity contribution < 1.29 is 37.8 Å². The molecule has 0 spiro atoms. The van der Waals surface area contributed by atoms with Crippen molar-refractivity contribution in [3.8, 4) is 0 Å². The molecule has 9 heteroatoms. The number of rotatable bonds is 6. The molecule has 1 aliphatic carbocycles. The molecule has 3 aromatic rings. The van der Waals surface area contributed by atoms with Gasteiger partial charge in [-0.25, -0.2) is 22.8 Å². The molecular formula is C26H22F3NO5. The summed E-state index contributed by atoms with van der Waals surface area (Å²) in [6.45, 7) is 1.24. The number of carboxylic acid groups (broad SMARTS) is 2. The van der Waals surface area contributed by atoms with E-state index in [1.54, 1.807) is 0 Å². The van der Waals surface area contributed by atoms with Crippen molar-refractivity contribution in [2.24, 2.45) is 0 Å². The van der Waals surface area contributed by atoms with E-state index in [1.165, 1.54) is 25.1 Å². The highest BCUT2D eigenvalue weighted by Crippen LogP contribution is 2.48. The van der Waals surface area contributed by atoms with E-state index >= 15 is 0 Å². The number of halogens is 3. The molecule has 0 saturated heterocycles. The largest absolute Gasteiger partial charge is 0.478 e. The van der Waals surface area contributed by atoms with Crippen molar-refractivity contribution in [1.29, 1.82) is 0 Å². The molecule has 35 heavy (non-hydrogen) atoms. The van der Waals surface area contributed by atoms with Crippen molar-refractivity contribution in [2.75, 3.05) is 0 Å². The Labute approximate surface area is 199 Å². The minimum atomic E-state index is -1.26. The molecule has 0 heterocycles. The van der Waals surface area contributed by atoms with Crippen molar-refractivity contribution >= 4 is 17.8 Å². The van der Waals surface area contributed by atoms with Gasteiger partial charge in [-0.1, -0.05) is 36.4 Å². The zero-order chi connectivity index (χ0) is 25.8. The predicted molar refractivity (Wildman–Crippen MR) is 121 cm³/mol. The average molecular weight is 485 g/mol. The number of hydrogen-bond acceptors (Lipinski definition) is 3. The molecule has 182 valence electrons. The third-order valence-corrected chi connectivity index (χ3v) is 5.81. The minimum Gasteiger partial charge on any atom is -0.478 e. The first-order valence-electron chi connectivity index (χ1n) is 10.6. The Bertz CT molecular complexity index is 1240. The first-order chi connectivity index (χ1) is 16.6. The minimum absolute atomic E-state index is 0.0277. The van der Waals surface area contributed by atoms with Crippen LogP contribution in [-0.4, -0.2) is 28.1 Å². The van der Waals surface area contributed by atoms with Crippen molar-refractivity contribution in [2.45, 2.75) is 31.7 Å². The summed E-state index contributed by atoms with van der Waals surface area (Å²) in [7, 11) is 0. The molecule has 0 aliphatic heterocycles. The monoisotopic (exact) mass is 485 g/mol. The van der Waals surface area contributed by atoms with Crippen LogP contribution in [0.2, 0.25) is 0 Å². The zero-order valence-electron chi connectivity index (χ0n) is 18.6. The Morgan fingerprint density at radius 1 is 0.886 bits per heavy atom. The summed E-state index contributed by atoms with van der Waals surface area (Å²) in [5, 5.41) is 19.9. The fraction of sp³-hybridized carbons (Fsp3) is 0.192. The van der Waals surface area contributed by atoms with Gasteiger partial charge in [0.1, 0.15) is 5.82 Å². The van der Waals surface area contributed by atoms with Gasteiger partial charge >= 0.3 is 11.9 Å². The van der Waals surface area contributed by atoms with Crippen LogP contribution in [0.5, 0.6) is 0 Å². The van der Waals surface area contributed by atoms with E-state index in [-0.39, 0.29) is 34.7 Å². The maximum Gasteiger partial charge on any atom is 0.335 e. The van der Waals surface area contributed by atoms with Gasteiger partial charge in [-0.3, -0.25) is 4.79 Å². The molecule has 6 nitrogen and oxygen atoms in total. The van der Waals surface area contributed by atoms with Crippen LogP contribution < -0.4 is 5.32 Å². The van der Waals surface area contributed by atoms with E-state index in [0.717, 1.165) is 11.6 Å². The third kappa shape index (κ3) is 5.68. The smallest absolute Gasteiger partial charge is 0.335 e. The molecule has 3 aromatic carbocycles. The summed E-state index contributed by atoms with van der Waals surface area (Å²) in [4.78, 5) is 33.6. The summed E-state index contributed by atoms with van der Waals surface area (Å²) in [5.74, 6) is -5.73. The van der Waals surface area contributed by atoms with Crippen LogP contribution in [0.25, 0.3) is 0 Å². The molecule has 0 bridgehead atoms. The van der Waals surface area contributed by atoms with Crippen LogP contribution in [0.3, 0.4) is 0 Å². The second-order valence-electron chi connectivity index (χ2n) is 8.08. The molecule has 1 aliphatic rings. The van der Waals surface area contributed by atoms with Crippen molar-refractivity contribution in [3.63, 3.8) is 0 Å². The van der Waals surface area contributed by atoms with Gasteiger partial charge in [-0.05, 0) is 49.1 Å². The van der Waals surface area contributed by atoms with E-state index < -0.39 is 34.8 Å². The van der Waals surface area contributed by atoms with Crippen LogP contribution in [0.4, 0.5) is 13.2 Å². The van der Waals surface area contributed by atoms with Gasteiger partial charge in [0.15, 0.2) is 11.6 Å². The fourth-order valence-electron chi connectivity index (χ4n) is 3.71. The number of benzene rings is 3. The number of aromatic carboxylic acids is 2. The maximum absolute atomic E-state index is 13.6.